The van der Waals surface area contributed by atoms with Crippen LogP contribution in [-0.4, -0.2) is 19.8 Å². The van der Waals surface area contributed by atoms with Crippen molar-refractivity contribution in [3.8, 4) is 22.6 Å². The molecule has 0 spiro atoms. The van der Waals surface area contributed by atoms with Crippen LogP contribution >= 0.6 is 0 Å². The SMILES string of the molecule is Nc1ccc(N)c(-c2nn3c(-c4ccccc4C(F)(F)F)nnc3c3ccccc23)c1. The number of nitrogens with two attached hydrogens (primary N) is 2. The highest BCUT2D eigenvalue weighted by molar-refractivity contribution is 6.03. The first-order chi connectivity index (χ1) is 14.8. The zero-order valence-corrected chi connectivity index (χ0v) is 15.9. The van der Waals surface area contributed by atoms with Crippen molar-refractivity contribution >= 4 is 27.8 Å². The Bertz CT molecular complexity index is 1460. The molecule has 5 rings (SSSR count). The minimum atomic E-state index is -4.56. The molecule has 2 heterocycles. The third-order valence-electron chi connectivity index (χ3n) is 5.07. The molecule has 0 bridgehead atoms. The Morgan fingerprint density at radius 3 is 2.26 bits per heavy atom. The second kappa shape index (κ2) is 6.69. The number of benzene rings is 3. The topological polar surface area (TPSA) is 95.1 Å². The molecule has 154 valence electrons. The molecule has 0 amide bonds. The van der Waals surface area contributed by atoms with E-state index in [4.69, 9.17) is 11.5 Å². The summed E-state index contributed by atoms with van der Waals surface area (Å²) in [4.78, 5) is 0. The maximum absolute atomic E-state index is 13.6. The molecular formula is C22H15F3N6. The number of nitrogens with zero attached hydrogens (tertiary/aromatic N) is 4. The van der Waals surface area contributed by atoms with Gasteiger partial charge in [-0.2, -0.15) is 22.8 Å². The number of hydrogen-bond donors (Lipinski definition) is 2. The minimum absolute atomic E-state index is 0.0163. The first-order valence-corrected chi connectivity index (χ1v) is 9.31. The van der Waals surface area contributed by atoms with Gasteiger partial charge in [-0.15, -0.1) is 10.2 Å². The van der Waals surface area contributed by atoms with Gasteiger partial charge >= 0.3 is 6.18 Å². The van der Waals surface area contributed by atoms with Crippen LogP contribution in [0.3, 0.4) is 0 Å². The lowest BCUT2D eigenvalue weighted by Gasteiger charge is -2.13. The summed E-state index contributed by atoms with van der Waals surface area (Å²) in [6, 6.07) is 17.5. The number of halogens is 3. The zero-order chi connectivity index (χ0) is 21.8. The van der Waals surface area contributed by atoms with Crippen molar-refractivity contribution in [1.82, 2.24) is 19.8 Å². The lowest BCUT2D eigenvalue weighted by atomic mass is 10.0. The van der Waals surface area contributed by atoms with Gasteiger partial charge in [0.2, 0.25) is 0 Å². The third-order valence-corrected chi connectivity index (χ3v) is 5.07. The first kappa shape index (κ1) is 18.9. The van der Waals surface area contributed by atoms with Gasteiger partial charge in [-0.05, 0) is 24.3 Å². The first-order valence-electron chi connectivity index (χ1n) is 9.31. The number of alkyl halides is 3. The van der Waals surface area contributed by atoms with E-state index in [0.29, 0.717) is 33.7 Å². The van der Waals surface area contributed by atoms with Crippen LogP contribution in [0.4, 0.5) is 24.5 Å². The Hall–Kier alpha value is -4.14. The van der Waals surface area contributed by atoms with Crippen molar-refractivity contribution in [1.29, 1.82) is 0 Å². The number of aromatic nitrogens is 4. The van der Waals surface area contributed by atoms with Gasteiger partial charge in [0.25, 0.3) is 0 Å². The number of hydrogen-bond acceptors (Lipinski definition) is 5. The fraction of sp³-hybridized carbons (Fsp3) is 0.0455. The van der Waals surface area contributed by atoms with Gasteiger partial charge in [0, 0.05) is 33.3 Å². The fourth-order valence-corrected chi connectivity index (χ4v) is 3.65. The maximum atomic E-state index is 13.6. The highest BCUT2D eigenvalue weighted by atomic mass is 19.4. The summed E-state index contributed by atoms with van der Waals surface area (Å²) in [6.07, 6.45) is -4.56. The Labute approximate surface area is 173 Å². The van der Waals surface area contributed by atoms with E-state index in [0.717, 1.165) is 11.5 Å². The van der Waals surface area contributed by atoms with Crippen molar-refractivity contribution in [3.63, 3.8) is 0 Å². The molecule has 0 unspecified atom stereocenters. The van der Waals surface area contributed by atoms with Crippen LogP contribution in [0, 0.1) is 0 Å². The minimum Gasteiger partial charge on any atom is -0.399 e. The van der Waals surface area contributed by atoms with Crippen LogP contribution in [-0.2, 0) is 6.18 Å². The molecule has 0 atom stereocenters. The lowest BCUT2D eigenvalue weighted by molar-refractivity contribution is -0.137. The smallest absolute Gasteiger partial charge is 0.399 e. The monoisotopic (exact) mass is 420 g/mol. The van der Waals surface area contributed by atoms with Crippen molar-refractivity contribution in [3.05, 3.63) is 72.3 Å². The molecule has 3 aromatic carbocycles. The molecule has 0 aliphatic heterocycles. The molecule has 4 N–H and O–H groups in total. The van der Waals surface area contributed by atoms with Crippen LogP contribution in [0.25, 0.3) is 39.1 Å². The van der Waals surface area contributed by atoms with E-state index in [1.165, 1.54) is 22.7 Å². The molecule has 6 nitrogen and oxygen atoms in total. The Morgan fingerprint density at radius 2 is 1.48 bits per heavy atom. The zero-order valence-electron chi connectivity index (χ0n) is 15.9. The summed E-state index contributed by atoms with van der Waals surface area (Å²) in [5.74, 6) is -0.0163. The summed E-state index contributed by atoms with van der Waals surface area (Å²) in [6.45, 7) is 0. The van der Waals surface area contributed by atoms with E-state index in [1.807, 2.05) is 24.3 Å². The summed E-state index contributed by atoms with van der Waals surface area (Å²) in [5.41, 5.74) is 13.5. The predicted octanol–water partition coefficient (Wildman–Crippen LogP) is 4.79. The van der Waals surface area contributed by atoms with Crippen LogP contribution in [0.15, 0.2) is 66.7 Å². The van der Waals surface area contributed by atoms with E-state index in [2.05, 4.69) is 15.3 Å². The van der Waals surface area contributed by atoms with Gasteiger partial charge in [0.15, 0.2) is 11.5 Å². The fourth-order valence-electron chi connectivity index (χ4n) is 3.65. The summed E-state index contributed by atoms with van der Waals surface area (Å²) >= 11 is 0. The number of fused-ring (bicyclic) bond motifs is 3. The van der Waals surface area contributed by atoms with E-state index < -0.39 is 11.7 Å². The Kier molecular flexibility index (Phi) is 4.07. The average molecular weight is 420 g/mol. The molecular weight excluding hydrogens is 405 g/mol. The van der Waals surface area contributed by atoms with E-state index in [-0.39, 0.29) is 11.4 Å². The summed E-state index contributed by atoms with van der Waals surface area (Å²) < 4.78 is 42.2. The molecule has 31 heavy (non-hydrogen) atoms. The molecule has 0 aliphatic rings. The molecule has 9 heteroatoms. The second-order valence-electron chi connectivity index (χ2n) is 7.04. The molecule has 0 saturated carbocycles. The van der Waals surface area contributed by atoms with E-state index in [9.17, 15) is 13.2 Å². The number of rotatable bonds is 2. The molecule has 0 saturated heterocycles. The van der Waals surface area contributed by atoms with Crippen molar-refractivity contribution < 1.29 is 13.2 Å². The largest absolute Gasteiger partial charge is 0.417 e. The van der Waals surface area contributed by atoms with E-state index >= 15 is 0 Å². The van der Waals surface area contributed by atoms with Crippen LogP contribution < -0.4 is 11.5 Å². The quantitative estimate of drug-likeness (QED) is 0.400. The molecule has 5 aromatic rings. The van der Waals surface area contributed by atoms with Gasteiger partial charge in [-0.1, -0.05) is 42.5 Å². The predicted molar refractivity (Wildman–Crippen MR) is 113 cm³/mol. The van der Waals surface area contributed by atoms with Crippen molar-refractivity contribution in [2.24, 2.45) is 0 Å². The molecule has 2 aromatic heterocycles. The van der Waals surface area contributed by atoms with Gasteiger partial charge < -0.3 is 11.5 Å². The molecule has 0 radical (unpaired) electrons. The second-order valence-corrected chi connectivity index (χ2v) is 7.04. The number of anilines is 2. The van der Waals surface area contributed by atoms with Crippen molar-refractivity contribution in [2.75, 3.05) is 11.5 Å². The Morgan fingerprint density at radius 1 is 0.774 bits per heavy atom. The van der Waals surface area contributed by atoms with Gasteiger partial charge in [0.1, 0.15) is 5.69 Å². The van der Waals surface area contributed by atoms with Crippen LogP contribution in [0.1, 0.15) is 5.56 Å². The average Bonchev–Trinajstić information content (AvgIpc) is 3.18. The standard InChI is InChI=1S/C22H15F3N6/c23-22(24,25)17-8-4-3-7-15(17)21-29-28-20-14-6-2-1-5-13(14)19(30-31(20)21)16-11-12(26)9-10-18(16)27/h1-11H,26-27H2. The molecule has 0 fully saturated rings. The van der Waals surface area contributed by atoms with E-state index in [1.54, 1.807) is 18.2 Å². The Balaban J connectivity index is 1.89. The summed E-state index contributed by atoms with van der Waals surface area (Å²) in [5, 5.41) is 14.2. The molecule has 0 aliphatic carbocycles. The van der Waals surface area contributed by atoms with Crippen molar-refractivity contribution in [2.45, 2.75) is 6.18 Å². The van der Waals surface area contributed by atoms with Gasteiger partial charge in [-0.25, -0.2) is 0 Å². The van der Waals surface area contributed by atoms with Crippen LogP contribution in [0.5, 0.6) is 0 Å². The normalized spacial score (nSPS) is 12.0. The maximum Gasteiger partial charge on any atom is 0.417 e. The van der Waals surface area contributed by atoms with Gasteiger partial charge in [-0.3, -0.25) is 0 Å². The third kappa shape index (κ3) is 3.02. The summed E-state index contributed by atoms with van der Waals surface area (Å²) in [7, 11) is 0. The highest BCUT2D eigenvalue weighted by Gasteiger charge is 2.34. The number of nitrogen functional groups attached to an aromatic ring is 2. The van der Waals surface area contributed by atoms with Crippen LogP contribution in [0.2, 0.25) is 0 Å². The highest BCUT2D eigenvalue weighted by Crippen LogP contribution is 2.38. The van der Waals surface area contributed by atoms with Gasteiger partial charge in [0.05, 0.1) is 5.56 Å². The lowest BCUT2D eigenvalue weighted by Crippen LogP contribution is -2.09.